The van der Waals surface area contributed by atoms with E-state index in [1.165, 1.54) is 32.3 Å². The van der Waals surface area contributed by atoms with Crippen molar-refractivity contribution in [2.75, 3.05) is 0 Å². The van der Waals surface area contributed by atoms with E-state index in [4.69, 9.17) is 6.65 Å². The van der Waals surface area contributed by atoms with Gasteiger partial charge < -0.3 is 0 Å². The molecule has 0 aliphatic carbocycles. The van der Waals surface area contributed by atoms with Gasteiger partial charge in [-0.1, -0.05) is 72.8 Å². The number of fused-ring (bicyclic) bond motifs is 5. The second-order valence-electron chi connectivity index (χ2n) is 4.75. The first-order valence-electron chi connectivity index (χ1n) is 6.63. The van der Waals surface area contributed by atoms with E-state index in [2.05, 4.69) is 72.8 Å². The summed E-state index contributed by atoms with van der Waals surface area (Å²) in [5.74, 6) is 0. The van der Waals surface area contributed by atoms with Gasteiger partial charge in [-0.2, -0.15) is 0 Å². The Labute approximate surface area is 131 Å². The SMILES string of the molecule is [O]=[Ti]=[O].c1ccc2c(c1)ccc1c3ccccc3ccc21. The van der Waals surface area contributed by atoms with Gasteiger partial charge in [-0.05, 0) is 32.3 Å². The number of hydrogen-bond acceptors (Lipinski definition) is 2. The molecule has 0 fully saturated rings. The molecule has 0 saturated carbocycles. The Morgan fingerprint density at radius 2 is 0.857 bits per heavy atom. The zero-order valence-electron chi connectivity index (χ0n) is 11.2. The predicted octanol–water partition coefficient (Wildman–Crippen LogP) is 4.91. The van der Waals surface area contributed by atoms with Gasteiger partial charge in [0.1, 0.15) is 0 Å². The largest absolute Gasteiger partial charge is 0.0616 e. The summed E-state index contributed by atoms with van der Waals surface area (Å²) < 4.78 is 17.0. The normalized spacial score (nSPS) is 10.1. The van der Waals surface area contributed by atoms with Crippen molar-refractivity contribution in [3.05, 3.63) is 72.8 Å². The van der Waals surface area contributed by atoms with Crippen molar-refractivity contribution in [1.82, 2.24) is 0 Å². The maximum atomic E-state index is 8.50. The summed E-state index contributed by atoms with van der Waals surface area (Å²) in [6, 6.07) is 26.0. The van der Waals surface area contributed by atoms with Crippen molar-refractivity contribution in [1.29, 1.82) is 0 Å². The maximum absolute atomic E-state index is 8.50. The van der Waals surface area contributed by atoms with Crippen LogP contribution in [0.5, 0.6) is 0 Å². The molecule has 0 atom stereocenters. The van der Waals surface area contributed by atoms with E-state index < -0.39 is 19.1 Å². The molecule has 0 unspecified atom stereocenters. The van der Waals surface area contributed by atoms with Gasteiger partial charge >= 0.3 is 25.7 Å². The first kappa shape index (κ1) is 13.9. The topological polar surface area (TPSA) is 34.1 Å². The second-order valence-corrected chi connectivity index (χ2v) is 5.01. The van der Waals surface area contributed by atoms with Crippen LogP contribution in [0.1, 0.15) is 0 Å². The quantitative estimate of drug-likeness (QED) is 0.342. The van der Waals surface area contributed by atoms with Crippen LogP contribution in [0, 0.1) is 0 Å². The van der Waals surface area contributed by atoms with E-state index in [0.717, 1.165) is 0 Å². The Kier molecular flexibility index (Phi) is 4.09. The summed E-state index contributed by atoms with van der Waals surface area (Å²) in [6.07, 6.45) is 0. The summed E-state index contributed by atoms with van der Waals surface area (Å²) in [5, 5.41) is 7.96. The molecule has 0 heterocycles. The first-order chi connectivity index (χ1) is 10.3. The van der Waals surface area contributed by atoms with Crippen molar-refractivity contribution < 1.29 is 25.7 Å². The minimum absolute atomic E-state index is 1.31. The van der Waals surface area contributed by atoms with E-state index in [-0.39, 0.29) is 0 Å². The van der Waals surface area contributed by atoms with Gasteiger partial charge in [-0.25, -0.2) is 0 Å². The molecular weight excluding hydrogens is 296 g/mol. The average Bonchev–Trinajstić information content (AvgIpc) is 2.55. The standard InChI is InChI=1S/C18H12.2O.Ti/c1-3-7-15-13(5-1)9-11-18-16-8-4-2-6-14(16)10-12-17(15)18;;;/h1-12H;;;. The fourth-order valence-electron chi connectivity index (χ4n) is 2.77. The summed E-state index contributed by atoms with van der Waals surface area (Å²) in [4.78, 5) is 0. The Balaban J connectivity index is 0.000000409. The smallest absolute Gasteiger partial charge is 0.00990 e. The molecule has 0 bridgehead atoms. The van der Waals surface area contributed by atoms with Crippen LogP contribution in [0.25, 0.3) is 32.3 Å². The zero-order chi connectivity index (χ0) is 14.7. The van der Waals surface area contributed by atoms with Crippen LogP contribution < -0.4 is 0 Å². The van der Waals surface area contributed by atoms with Crippen LogP contribution in [0.3, 0.4) is 0 Å². The first-order valence-corrected chi connectivity index (χ1v) is 7.91. The summed E-state index contributed by atoms with van der Waals surface area (Å²) in [5.41, 5.74) is 0. The third kappa shape index (κ3) is 2.60. The molecule has 0 spiro atoms. The Bertz CT molecular complexity index is 895. The minimum atomic E-state index is -2.00. The molecule has 4 rings (SSSR count). The van der Waals surface area contributed by atoms with Crippen molar-refractivity contribution in [3.8, 4) is 0 Å². The average molecular weight is 308 g/mol. The number of hydrogen-bond donors (Lipinski definition) is 0. The van der Waals surface area contributed by atoms with Crippen molar-refractivity contribution in [2.45, 2.75) is 0 Å². The summed E-state index contributed by atoms with van der Waals surface area (Å²) in [7, 11) is 0. The molecule has 0 aliphatic rings. The number of benzene rings is 4. The van der Waals surface area contributed by atoms with Crippen LogP contribution in [0.2, 0.25) is 0 Å². The second kappa shape index (κ2) is 6.17. The van der Waals surface area contributed by atoms with E-state index in [9.17, 15) is 0 Å². The van der Waals surface area contributed by atoms with Crippen LogP contribution in [-0.2, 0) is 25.7 Å². The third-order valence-electron chi connectivity index (χ3n) is 3.65. The van der Waals surface area contributed by atoms with E-state index >= 15 is 0 Å². The fraction of sp³-hybridized carbons (Fsp3) is 0. The molecule has 0 amide bonds. The molecule has 0 radical (unpaired) electrons. The summed E-state index contributed by atoms with van der Waals surface area (Å²) >= 11 is -2.00. The molecule has 4 aromatic rings. The van der Waals surface area contributed by atoms with Gasteiger partial charge in [0.25, 0.3) is 0 Å². The van der Waals surface area contributed by atoms with Gasteiger partial charge in [0.2, 0.25) is 0 Å². The minimum Gasteiger partial charge on any atom is -0.0616 e. The molecule has 100 valence electrons. The van der Waals surface area contributed by atoms with Crippen LogP contribution in [0.4, 0.5) is 0 Å². The van der Waals surface area contributed by atoms with Gasteiger partial charge in [-0.3, -0.25) is 0 Å². The Hall–Kier alpha value is -2.03. The van der Waals surface area contributed by atoms with Crippen LogP contribution >= 0.6 is 0 Å². The van der Waals surface area contributed by atoms with Crippen molar-refractivity contribution >= 4 is 32.3 Å². The van der Waals surface area contributed by atoms with Crippen molar-refractivity contribution in [2.24, 2.45) is 0 Å². The molecular formula is C18H12O2Ti. The fourth-order valence-corrected chi connectivity index (χ4v) is 2.77. The Morgan fingerprint density at radius 1 is 0.476 bits per heavy atom. The number of rotatable bonds is 0. The third-order valence-corrected chi connectivity index (χ3v) is 3.65. The van der Waals surface area contributed by atoms with Crippen LogP contribution in [0.15, 0.2) is 72.8 Å². The molecule has 0 N–H and O–H groups in total. The molecule has 4 aromatic carbocycles. The van der Waals surface area contributed by atoms with Gasteiger partial charge in [0.15, 0.2) is 0 Å². The van der Waals surface area contributed by atoms with E-state index in [1.807, 2.05) is 0 Å². The Morgan fingerprint density at radius 3 is 1.29 bits per heavy atom. The maximum Gasteiger partial charge on any atom is -0.00990 e. The van der Waals surface area contributed by atoms with Crippen molar-refractivity contribution in [3.63, 3.8) is 0 Å². The zero-order valence-corrected chi connectivity index (χ0v) is 12.8. The van der Waals surface area contributed by atoms with Gasteiger partial charge in [0, 0.05) is 0 Å². The van der Waals surface area contributed by atoms with Gasteiger partial charge in [0.05, 0.1) is 0 Å². The monoisotopic (exact) mass is 308 g/mol. The van der Waals surface area contributed by atoms with E-state index in [0.29, 0.717) is 0 Å². The summed E-state index contributed by atoms with van der Waals surface area (Å²) in [6.45, 7) is 0. The van der Waals surface area contributed by atoms with Crippen LogP contribution in [-0.4, -0.2) is 0 Å². The molecule has 21 heavy (non-hydrogen) atoms. The van der Waals surface area contributed by atoms with Gasteiger partial charge in [-0.15, -0.1) is 0 Å². The predicted molar refractivity (Wildman–Crippen MR) is 80.3 cm³/mol. The molecule has 2 nitrogen and oxygen atoms in total. The van der Waals surface area contributed by atoms with E-state index in [1.54, 1.807) is 0 Å². The molecule has 3 heteroatoms. The molecule has 0 saturated heterocycles. The molecule has 0 aromatic heterocycles. The molecule has 0 aliphatic heterocycles.